The molecule has 0 aliphatic heterocycles. The van der Waals surface area contributed by atoms with Gasteiger partial charge in [-0.2, -0.15) is 0 Å². The minimum Gasteiger partial charge on any atom is -0.372 e. The van der Waals surface area contributed by atoms with Crippen molar-refractivity contribution < 1.29 is 9.18 Å². The van der Waals surface area contributed by atoms with Crippen molar-refractivity contribution in [1.82, 2.24) is 4.98 Å². The number of aromatic nitrogens is 1. The molecule has 0 spiro atoms. The lowest BCUT2D eigenvalue weighted by molar-refractivity contribution is 0.102. The Hall–Kier alpha value is -2.14. The SMILES string of the molecule is CNc1ncccc1C(=O)Nc1cc(F)ccc1Cl. The number of amides is 1. The molecule has 0 saturated heterocycles. The summed E-state index contributed by atoms with van der Waals surface area (Å²) in [7, 11) is 1.66. The molecule has 1 heterocycles. The van der Waals surface area contributed by atoms with Crippen molar-refractivity contribution in [2.75, 3.05) is 17.7 Å². The number of pyridine rings is 1. The molecule has 2 rings (SSSR count). The van der Waals surface area contributed by atoms with Crippen molar-refractivity contribution in [2.24, 2.45) is 0 Å². The van der Waals surface area contributed by atoms with Crippen LogP contribution < -0.4 is 10.6 Å². The van der Waals surface area contributed by atoms with Crippen LogP contribution in [0, 0.1) is 5.82 Å². The maximum atomic E-state index is 13.1. The van der Waals surface area contributed by atoms with Gasteiger partial charge in [0.1, 0.15) is 11.6 Å². The van der Waals surface area contributed by atoms with Crippen LogP contribution in [0.15, 0.2) is 36.5 Å². The number of nitrogens with one attached hydrogen (secondary N) is 2. The minimum absolute atomic E-state index is 0.220. The van der Waals surface area contributed by atoms with E-state index >= 15 is 0 Å². The van der Waals surface area contributed by atoms with Gasteiger partial charge in [0.2, 0.25) is 0 Å². The largest absolute Gasteiger partial charge is 0.372 e. The zero-order valence-electron chi connectivity index (χ0n) is 10.1. The number of benzene rings is 1. The first-order chi connectivity index (χ1) is 9.11. The van der Waals surface area contributed by atoms with Crippen LogP contribution in [0.25, 0.3) is 0 Å². The first kappa shape index (κ1) is 13.3. The van der Waals surface area contributed by atoms with Gasteiger partial charge in [0.25, 0.3) is 5.91 Å². The molecule has 1 amide bonds. The number of hydrogen-bond donors (Lipinski definition) is 2. The van der Waals surface area contributed by atoms with Gasteiger partial charge < -0.3 is 10.6 Å². The fourth-order valence-electron chi connectivity index (χ4n) is 1.57. The summed E-state index contributed by atoms with van der Waals surface area (Å²) in [5.74, 6) is -0.447. The van der Waals surface area contributed by atoms with Crippen LogP contribution in [0.3, 0.4) is 0 Å². The molecule has 0 radical (unpaired) electrons. The third-order valence-corrected chi connectivity index (χ3v) is 2.80. The lowest BCUT2D eigenvalue weighted by atomic mass is 10.2. The highest BCUT2D eigenvalue weighted by Gasteiger charge is 2.13. The number of halogens is 2. The van der Waals surface area contributed by atoms with Gasteiger partial charge in [-0.25, -0.2) is 9.37 Å². The highest BCUT2D eigenvalue weighted by molar-refractivity contribution is 6.34. The fourth-order valence-corrected chi connectivity index (χ4v) is 1.74. The second kappa shape index (κ2) is 5.67. The Morgan fingerprint density at radius 3 is 2.89 bits per heavy atom. The smallest absolute Gasteiger partial charge is 0.259 e. The van der Waals surface area contributed by atoms with E-state index in [-0.39, 0.29) is 10.7 Å². The van der Waals surface area contributed by atoms with E-state index in [0.29, 0.717) is 11.4 Å². The molecule has 98 valence electrons. The number of hydrogen-bond acceptors (Lipinski definition) is 3. The minimum atomic E-state index is -0.472. The van der Waals surface area contributed by atoms with Crippen LogP contribution in [-0.2, 0) is 0 Å². The van der Waals surface area contributed by atoms with E-state index in [2.05, 4.69) is 15.6 Å². The molecular formula is C13H11ClFN3O. The molecule has 4 nitrogen and oxygen atoms in total. The van der Waals surface area contributed by atoms with Crippen molar-refractivity contribution in [3.05, 3.63) is 52.9 Å². The molecule has 0 fully saturated rings. The van der Waals surface area contributed by atoms with Gasteiger partial charge in [-0.1, -0.05) is 11.6 Å². The van der Waals surface area contributed by atoms with E-state index in [4.69, 9.17) is 11.6 Å². The van der Waals surface area contributed by atoms with Crippen molar-refractivity contribution in [1.29, 1.82) is 0 Å². The molecule has 1 aromatic heterocycles. The lowest BCUT2D eigenvalue weighted by Crippen LogP contribution is -2.15. The first-order valence-electron chi connectivity index (χ1n) is 5.51. The van der Waals surface area contributed by atoms with Gasteiger partial charge in [0, 0.05) is 13.2 Å². The Morgan fingerprint density at radius 1 is 1.37 bits per heavy atom. The van der Waals surface area contributed by atoms with E-state index in [0.717, 1.165) is 6.07 Å². The van der Waals surface area contributed by atoms with Crippen molar-refractivity contribution >= 4 is 29.0 Å². The third-order valence-electron chi connectivity index (χ3n) is 2.47. The van der Waals surface area contributed by atoms with Crippen LogP contribution in [0.5, 0.6) is 0 Å². The van der Waals surface area contributed by atoms with E-state index in [9.17, 15) is 9.18 Å². The van der Waals surface area contributed by atoms with Gasteiger partial charge in [-0.3, -0.25) is 4.79 Å². The Labute approximate surface area is 114 Å². The van der Waals surface area contributed by atoms with Gasteiger partial charge >= 0.3 is 0 Å². The number of carbonyl (C=O) groups excluding carboxylic acids is 1. The summed E-state index contributed by atoms with van der Waals surface area (Å²) in [5, 5.41) is 5.63. The second-order valence-corrected chi connectivity index (χ2v) is 4.14. The normalized spacial score (nSPS) is 10.1. The predicted molar refractivity (Wildman–Crippen MR) is 73.1 cm³/mol. The van der Waals surface area contributed by atoms with Crippen LogP contribution >= 0.6 is 11.6 Å². The van der Waals surface area contributed by atoms with E-state index in [1.54, 1.807) is 25.4 Å². The van der Waals surface area contributed by atoms with Crippen LogP contribution in [0.1, 0.15) is 10.4 Å². The summed E-state index contributed by atoms with van der Waals surface area (Å²) in [6.45, 7) is 0. The van der Waals surface area contributed by atoms with Crippen LogP contribution in [0.2, 0.25) is 5.02 Å². The van der Waals surface area contributed by atoms with E-state index < -0.39 is 11.7 Å². The van der Waals surface area contributed by atoms with Gasteiger partial charge in [0.15, 0.2) is 0 Å². The van der Waals surface area contributed by atoms with Crippen molar-refractivity contribution in [2.45, 2.75) is 0 Å². The molecule has 0 saturated carbocycles. The van der Waals surface area contributed by atoms with E-state index in [1.807, 2.05) is 0 Å². The molecule has 0 bridgehead atoms. The number of nitrogens with zero attached hydrogens (tertiary/aromatic N) is 1. The highest BCUT2D eigenvalue weighted by atomic mass is 35.5. The summed E-state index contributed by atoms with van der Waals surface area (Å²) in [5.41, 5.74) is 0.572. The Kier molecular flexibility index (Phi) is 3.97. The van der Waals surface area contributed by atoms with Crippen LogP contribution in [0.4, 0.5) is 15.9 Å². The molecule has 19 heavy (non-hydrogen) atoms. The monoisotopic (exact) mass is 279 g/mol. The Balaban J connectivity index is 2.28. The maximum absolute atomic E-state index is 13.1. The summed E-state index contributed by atoms with van der Waals surface area (Å²) in [6.07, 6.45) is 1.57. The zero-order valence-corrected chi connectivity index (χ0v) is 10.8. The molecule has 0 atom stereocenters. The molecule has 1 aromatic carbocycles. The van der Waals surface area contributed by atoms with Crippen molar-refractivity contribution in [3.8, 4) is 0 Å². The molecule has 2 N–H and O–H groups in total. The number of anilines is 2. The lowest BCUT2D eigenvalue weighted by Gasteiger charge is -2.10. The molecule has 6 heteroatoms. The number of rotatable bonds is 3. The van der Waals surface area contributed by atoms with Gasteiger partial charge in [-0.05, 0) is 30.3 Å². The van der Waals surface area contributed by atoms with E-state index in [1.165, 1.54) is 12.1 Å². The maximum Gasteiger partial charge on any atom is 0.259 e. The summed E-state index contributed by atoms with van der Waals surface area (Å²) in [6, 6.07) is 7.02. The standard InChI is InChI=1S/C13H11ClFN3O/c1-16-12-9(3-2-6-17-12)13(19)18-11-7-8(15)4-5-10(11)14/h2-7H,1H3,(H,16,17)(H,18,19). The summed E-state index contributed by atoms with van der Waals surface area (Å²) < 4.78 is 13.1. The molecule has 0 aliphatic rings. The average molecular weight is 280 g/mol. The zero-order chi connectivity index (χ0) is 13.8. The highest BCUT2D eigenvalue weighted by Crippen LogP contribution is 2.23. The topological polar surface area (TPSA) is 54.0 Å². The summed E-state index contributed by atoms with van der Waals surface area (Å²) >= 11 is 5.89. The second-order valence-electron chi connectivity index (χ2n) is 3.73. The molecular weight excluding hydrogens is 269 g/mol. The quantitative estimate of drug-likeness (QED) is 0.907. The molecule has 2 aromatic rings. The van der Waals surface area contributed by atoms with Gasteiger partial charge in [-0.15, -0.1) is 0 Å². The van der Waals surface area contributed by atoms with Gasteiger partial charge in [0.05, 0.1) is 16.3 Å². The number of carbonyl (C=O) groups is 1. The van der Waals surface area contributed by atoms with Crippen molar-refractivity contribution in [3.63, 3.8) is 0 Å². The Morgan fingerprint density at radius 2 is 2.16 bits per heavy atom. The van der Waals surface area contributed by atoms with Crippen LogP contribution in [-0.4, -0.2) is 17.9 Å². The predicted octanol–water partition coefficient (Wildman–Crippen LogP) is 3.17. The molecule has 0 aliphatic carbocycles. The molecule has 0 unspecified atom stereocenters. The first-order valence-corrected chi connectivity index (χ1v) is 5.89. The fraction of sp³-hybridized carbons (Fsp3) is 0.0769. The summed E-state index contributed by atoms with van der Waals surface area (Å²) in [4.78, 5) is 16.1. The third kappa shape index (κ3) is 3.00. The Bertz CT molecular complexity index is 619. The average Bonchev–Trinajstić information content (AvgIpc) is 2.42.